The van der Waals surface area contributed by atoms with Crippen molar-refractivity contribution in [1.29, 1.82) is 0 Å². The minimum absolute atomic E-state index is 0.0995. The van der Waals surface area contributed by atoms with Gasteiger partial charge in [0.1, 0.15) is 11.6 Å². The Labute approximate surface area is 110 Å². The van der Waals surface area contributed by atoms with Gasteiger partial charge in [0.25, 0.3) is 0 Å². The molecule has 0 aliphatic carbocycles. The Balaban J connectivity index is 2.26. The highest BCUT2D eigenvalue weighted by molar-refractivity contribution is 7.89. The Morgan fingerprint density at radius 2 is 2.26 bits per heavy atom. The van der Waals surface area contributed by atoms with Crippen LogP contribution in [0.25, 0.3) is 0 Å². The molecule has 0 bridgehead atoms. The van der Waals surface area contributed by atoms with E-state index < -0.39 is 21.9 Å². The van der Waals surface area contributed by atoms with Crippen molar-refractivity contribution in [3.8, 4) is 0 Å². The van der Waals surface area contributed by atoms with E-state index in [0.29, 0.717) is 12.2 Å². The summed E-state index contributed by atoms with van der Waals surface area (Å²) in [5.41, 5.74) is 0. The molecule has 1 atom stereocenters. The van der Waals surface area contributed by atoms with E-state index in [2.05, 4.69) is 14.7 Å². The van der Waals surface area contributed by atoms with Crippen molar-refractivity contribution >= 4 is 10.0 Å². The molecule has 0 fully saturated rings. The molecule has 19 heavy (non-hydrogen) atoms. The van der Waals surface area contributed by atoms with Crippen molar-refractivity contribution in [2.24, 2.45) is 0 Å². The molecule has 2 aromatic rings. The third-order valence-corrected chi connectivity index (χ3v) is 4.13. The van der Waals surface area contributed by atoms with Crippen LogP contribution in [0.5, 0.6) is 0 Å². The SMILES string of the molecule is CCC(NS(=O)(=O)c1cccc(F)c1)c1ncc[nH]1. The normalized spacial score (nSPS) is 13.4. The standard InChI is InChI=1S/C12H14FN3O2S/c1-2-11(12-14-6-7-15-12)16-19(17,18)10-5-3-4-9(13)8-10/h3-8,11,16H,2H2,1H3,(H,14,15). The molecular formula is C12H14FN3O2S. The maximum absolute atomic E-state index is 13.1. The molecule has 0 radical (unpaired) electrons. The number of nitrogens with one attached hydrogen (secondary N) is 2. The number of aromatic amines is 1. The summed E-state index contributed by atoms with van der Waals surface area (Å²) >= 11 is 0. The zero-order chi connectivity index (χ0) is 13.9. The van der Waals surface area contributed by atoms with Gasteiger partial charge in [-0.25, -0.2) is 22.5 Å². The smallest absolute Gasteiger partial charge is 0.241 e. The van der Waals surface area contributed by atoms with Crippen LogP contribution in [0.3, 0.4) is 0 Å². The zero-order valence-electron chi connectivity index (χ0n) is 10.3. The van der Waals surface area contributed by atoms with Crippen molar-refractivity contribution in [2.75, 3.05) is 0 Å². The molecule has 0 aliphatic heterocycles. The summed E-state index contributed by atoms with van der Waals surface area (Å²) < 4.78 is 39.8. The third-order valence-electron chi connectivity index (χ3n) is 2.66. The lowest BCUT2D eigenvalue weighted by atomic mass is 10.2. The first kappa shape index (κ1) is 13.7. The molecule has 0 saturated carbocycles. The number of nitrogens with zero attached hydrogens (tertiary/aromatic N) is 1. The molecule has 1 unspecified atom stereocenters. The maximum Gasteiger partial charge on any atom is 0.241 e. The lowest BCUT2D eigenvalue weighted by molar-refractivity contribution is 0.538. The first-order valence-electron chi connectivity index (χ1n) is 5.80. The molecule has 1 aromatic heterocycles. The van der Waals surface area contributed by atoms with Crippen LogP contribution in [0, 0.1) is 5.82 Å². The number of hydrogen-bond donors (Lipinski definition) is 2. The van der Waals surface area contributed by atoms with Crippen LogP contribution in [0.4, 0.5) is 4.39 Å². The van der Waals surface area contributed by atoms with E-state index in [1.54, 1.807) is 12.4 Å². The fourth-order valence-electron chi connectivity index (χ4n) is 1.69. The van der Waals surface area contributed by atoms with Crippen LogP contribution in [-0.4, -0.2) is 18.4 Å². The number of H-pyrrole nitrogens is 1. The lowest BCUT2D eigenvalue weighted by Crippen LogP contribution is -2.29. The number of hydrogen-bond acceptors (Lipinski definition) is 3. The van der Waals surface area contributed by atoms with Crippen LogP contribution in [0.1, 0.15) is 25.2 Å². The van der Waals surface area contributed by atoms with Crippen molar-refractivity contribution in [3.63, 3.8) is 0 Å². The third kappa shape index (κ3) is 3.18. The van der Waals surface area contributed by atoms with Gasteiger partial charge in [0, 0.05) is 12.4 Å². The van der Waals surface area contributed by atoms with Crippen LogP contribution in [0.15, 0.2) is 41.6 Å². The molecule has 5 nitrogen and oxygen atoms in total. The lowest BCUT2D eigenvalue weighted by Gasteiger charge is -2.15. The quantitative estimate of drug-likeness (QED) is 0.881. The second-order valence-corrected chi connectivity index (χ2v) is 5.73. The summed E-state index contributed by atoms with van der Waals surface area (Å²) in [5, 5.41) is 0. The Morgan fingerprint density at radius 1 is 1.47 bits per heavy atom. The molecule has 2 rings (SSSR count). The van der Waals surface area contributed by atoms with Gasteiger partial charge in [-0.15, -0.1) is 0 Å². The van der Waals surface area contributed by atoms with Gasteiger partial charge in [0.15, 0.2) is 0 Å². The average Bonchev–Trinajstić information content (AvgIpc) is 2.90. The molecule has 1 heterocycles. The van der Waals surface area contributed by atoms with E-state index in [4.69, 9.17) is 0 Å². The number of halogens is 1. The van der Waals surface area contributed by atoms with E-state index in [-0.39, 0.29) is 4.90 Å². The highest BCUT2D eigenvalue weighted by atomic mass is 32.2. The summed E-state index contributed by atoms with van der Waals surface area (Å²) in [4.78, 5) is 6.79. The van der Waals surface area contributed by atoms with Gasteiger partial charge in [-0.05, 0) is 24.6 Å². The fraction of sp³-hybridized carbons (Fsp3) is 0.250. The van der Waals surface area contributed by atoms with E-state index in [1.807, 2.05) is 6.92 Å². The molecule has 1 aromatic carbocycles. The van der Waals surface area contributed by atoms with Gasteiger partial charge in [-0.3, -0.25) is 0 Å². The summed E-state index contributed by atoms with van der Waals surface area (Å²) in [7, 11) is -3.77. The first-order chi connectivity index (χ1) is 9.03. The van der Waals surface area contributed by atoms with Crippen molar-refractivity contribution < 1.29 is 12.8 Å². The van der Waals surface area contributed by atoms with E-state index in [0.717, 1.165) is 6.07 Å². The summed E-state index contributed by atoms with van der Waals surface area (Å²) in [6.07, 6.45) is 3.70. The first-order valence-corrected chi connectivity index (χ1v) is 7.28. The highest BCUT2D eigenvalue weighted by Crippen LogP contribution is 2.17. The second kappa shape index (κ2) is 5.50. The molecule has 7 heteroatoms. The van der Waals surface area contributed by atoms with Crippen molar-refractivity contribution in [2.45, 2.75) is 24.3 Å². The number of benzene rings is 1. The molecule has 2 N–H and O–H groups in total. The number of aromatic nitrogens is 2. The molecule has 0 aliphatic rings. The largest absolute Gasteiger partial charge is 0.347 e. The molecular weight excluding hydrogens is 269 g/mol. The molecule has 102 valence electrons. The second-order valence-electron chi connectivity index (χ2n) is 4.01. The summed E-state index contributed by atoms with van der Waals surface area (Å²) in [6.45, 7) is 1.83. The van der Waals surface area contributed by atoms with E-state index >= 15 is 0 Å². The van der Waals surface area contributed by atoms with Gasteiger partial charge in [-0.1, -0.05) is 13.0 Å². The van der Waals surface area contributed by atoms with Crippen LogP contribution in [-0.2, 0) is 10.0 Å². The van der Waals surface area contributed by atoms with Crippen LogP contribution >= 0.6 is 0 Å². The van der Waals surface area contributed by atoms with E-state index in [9.17, 15) is 12.8 Å². The molecule has 0 spiro atoms. The number of sulfonamides is 1. The van der Waals surface area contributed by atoms with Gasteiger partial charge in [0.2, 0.25) is 10.0 Å². The van der Waals surface area contributed by atoms with Crippen molar-refractivity contribution in [1.82, 2.24) is 14.7 Å². The Kier molecular flexibility index (Phi) is 3.96. The highest BCUT2D eigenvalue weighted by Gasteiger charge is 2.21. The van der Waals surface area contributed by atoms with Crippen molar-refractivity contribution in [3.05, 3.63) is 48.3 Å². The Morgan fingerprint density at radius 3 is 2.84 bits per heavy atom. The van der Waals surface area contributed by atoms with E-state index in [1.165, 1.54) is 18.2 Å². The van der Waals surface area contributed by atoms with Gasteiger partial charge < -0.3 is 4.98 Å². The van der Waals surface area contributed by atoms with Crippen LogP contribution in [0.2, 0.25) is 0 Å². The number of rotatable bonds is 5. The predicted octanol–water partition coefficient (Wildman–Crippen LogP) is 1.98. The zero-order valence-corrected chi connectivity index (χ0v) is 11.1. The number of imidazole rings is 1. The maximum atomic E-state index is 13.1. The summed E-state index contributed by atoms with van der Waals surface area (Å²) in [6, 6.07) is 4.42. The monoisotopic (exact) mass is 283 g/mol. The van der Waals surface area contributed by atoms with Gasteiger partial charge in [0.05, 0.1) is 10.9 Å². The Bertz CT molecular complexity index is 641. The van der Waals surface area contributed by atoms with Gasteiger partial charge >= 0.3 is 0 Å². The van der Waals surface area contributed by atoms with Crippen LogP contribution < -0.4 is 4.72 Å². The topological polar surface area (TPSA) is 74.8 Å². The predicted molar refractivity (Wildman–Crippen MR) is 68.3 cm³/mol. The molecule has 0 amide bonds. The van der Waals surface area contributed by atoms with Gasteiger partial charge in [-0.2, -0.15) is 0 Å². The minimum atomic E-state index is -3.77. The average molecular weight is 283 g/mol. The Hall–Kier alpha value is -1.73. The summed E-state index contributed by atoms with van der Waals surface area (Å²) in [5.74, 6) is -0.0589. The fourth-order valence-corrected chi connectivity index (χ4v) is 3.00. The minimum Gasteiger partial charge on any atom is -0.347 e. The molecule has 0 saturated heterocycles.